The molecule has 0 N–H and O–H groups in total. The van der Waals surface area contributed by atoms with E-state index < -0.39 is 0 Å². The van der Waals surface area contributed by atoms with Gasteiger partial charge in [0.05, 0.1) is 10.4 Å². The number of nitrogens with zero attached hydrogens (tertiary/aromatic N) is 1. The standard InChI is InChI=1S/C54H37NS/c1-3-17-38(18-4-1)44-23-7-8-24-45(44)40-33-35-42(36-34-40)55(52-31-16-30-51-50-29-13-14-32-53(50)56-54(51)52)43-22-15-21-41(37-43)47-26-10-12-28-49(47)48-27-11-9-25-46(48)39-19-5-2-6-20-39/h1-37H. The summed E-state index contributed by atoms with van der Waals surface area (Å²) in [5.74, 6) is 0. The van der Waals surface area contributed by atoms with Crippen molar-refractivity contribution in [2.24, 2.45) is 0 Å². The van der Waals surface area contributed by atoms with E-state index in [0.717, 1.165) is 11.4 Å². The molecule has 0 fully saturated rings. The van der Waals surface area contributed by atoms with Crippen LogP contribution in [0.1, 0.15) is 0 Å². The maximum absolute atomic E-state index is 2.44. The molecule has 10 aromatic rings. The van der Waals surface area contributed by atoms with Crippen molar-refractivity contribution in [1.82, 2.24) is 0 Å². The van der Waals surface area contributed by atoms with Crippen molar-refractivity contribution < 1.29 is 0 Å². The molecule has 1 nitrogen and oxygen atoms in total. The van der Waals surface area contributed by atoms with Gasteiger partial charge in [-0.25, -0.2) is 0 Å². The van der Waals surface area contributed by atoms with Crippen molar-refractivity contribution in [2.45, 2.75) is 0 Å². The minimum absolute atomic E-state index is 1.11. The monoisotopic (exact) mass is 731 g/mol. The van der Waals surface area contributed by atoms with E-state index in [1.807, 2.05) is 11.3 Å². The topological polar surface area (TPSA) is 3.24 Å². The van der Waals surface area contributed by atoms with Gasteiger partial charge in [-0.05, 0) is 92.0 Å². The van der Waals surface area contributed by atoms with Crippen LogP contribution < -0.4 is 4.90 Å². The molecular weight excluding hydrogens is 695 g/mol. The molecule has 1 heterocycles. The van der Waals surface area contributed by atoms with Gasteiger partial charge in [0.25, 0.3) is 0 Å². The van der Waals surface area contributed by atoms with Gasteiger partial charge >= 0.3 is 0 Å². The third kappa shape index (κ3) is 6.17. The number of rotatable bonds is 8. The van der Waals surface area contributed by atoms with Crippen molar-refractivity contribution in [1.29, 1.82) is 0 Å². The molecular formula is C54H37NS. The van der Waals surface area contributed by atoms with Gasteiger partial charge in [-0.2, -0.15) is 0 Å². The van der Waals surface area contributed by atoms with Crippen molar-refractivity contribution in [3.63, 3.8) is 0 Å². The molecule has 264 valence electrons. The lowest BCUT2D eigenvalue weighted by molar-refractivity contribution is 1.30. The molecule has 0 saturated carbocycles. The van der Waals surface area contributed by atoms with E-state index in [9.17, 15) is 0 Å². The summed E-state index contributed by atoms with van der Waals surface area (Å²) in [7, 11) is 0. The van der Waals surface area contributed by atoms with Crippen LogP contribution in [-0.4, -0.2) is 0 Å². The Kier molecular flexibility index (Phi) is 8.79. The summed E-state index contributed by atoms with van der Waals surface area (Å²) in [4.78, 5) is 2.44. The molecule has 0 saturated heterocycles. The summed E-state index contributed by atoms with van der Waals surface area (Å²) in [6.07, 6.45) is 0. The fourth-order valence-corrected chi connectivity index (χ4v) is 9.31. The first-order valence-electron chi connectivity index (χ1n) is 19.1. The minimum Gasteiger partial charge on any atom is -0.309 e. The lowest BCUT2D eigenvalue weighted by Gasteiger charge is -2.27. The second-order valence-electron chi connectivity index (χ2n) is 14.1. The van der Waals surface area contributed by atoms with Crippen LogP contribution in [0, 0.1) is 0 Å². The summed E-state index contributed by atoms with van der Waals surface area (Å²) in [5.41, 5.74) is 15.5. The average Bonchev–Trinajstić information content (AvgIpc) is 3.67. The third-order valence-electron chi connectivity index (χ3n) is 10.7. The van der Waals surface area contributed by atoms with Crippen LogP contribution in [0.15, 0.2) is 224 Å². The third-order valence-corrected chi connectivity index (χ3v) is 11.9. The highest BCUT2D eigenvalue weighted by molar-refractivity contribution is 7.26. The van der Waals surface area contributed by atoms with Crippen molar-refractivity contribution >= 4 is 48.6 Å². The molecule has 0 unspecified atom stereocenters. The summed E-state index contributed by atoms with van der Waals surface area (Å²) in [6, 6.07) is 81.2. The molecule has 0 spiro atoms. The van der Waals surface area contributed by atoms with Gasteiger partial charge in [0.1, 0.15) is 0 Å². The smallest absolute Gasteiger partial charge is 0.0640 e. The first-order valence-corrected chi connectivity index (χ1v) is 19.9. The second-order valence-corrected chi connectivity index (χ2v) is 15.1. The number of fused-ring (bicyclic) bond motifs is 3. The Labute approximate surface area is 332 Å². The van der Waals surface area contributed by atoms with Gasteiger partial charge < -0.3 is 4.90 Å². The molecule has 0 atom stereocenters. The molecule has 0 aliphatic rings. The largest absolute Gasteiger partial charge is 0.309 e. The summed E-state index contributed by atoms with van der Waals surface area (Å²) >= 11 is 1.86. The lowest BCUT2D eigenvalue weighted by Crippen LogP contribution is -2.10. The van der Waals surface area contributed by atoms with E-state index in [1.165, 1.54) is 81.5 Å². The molecule has 10 rings (SSSR count). The summed E-state index contributed by atoms with van der Waals surface area (Å²) < 4.78 is 2.57. The molecule has 0 aliphatic carbocycles. The van der Waals surface area contributed by atoms with Crippen LogP contribution in [0.5, 0.6) is 0 Å². The number of hydrogen-bond donors (Lipinski definition) is 0. The van der Waals surface area contributed by atoms with Gasteiger partial charge in [-0.1, -0.05) is 188 Å². The number of anilines is 3. The van der Waals surface area contributed by atoms with Crippen LogP contribution in [0.2, 0.25) is 0 Å². The second kappa shape index (κ2) is 14.7. The van der Waals surface area contributed by atoms with Crippen LogP contribution in [0.4, 0.5) is 17.1 Å². The summed E-state index contributed by atoms with van der Waals surface area (Å²) in [5, 5.41) is 2.57. The molecule has 0 aliphatic heterocycles. The molecule has 2 heteroatoms. The zero-order valence-corrected chi connectivity index (χ0v) is 31.5. The first-order chi connectivity index (χ1) is 27.8. The van der Waals surface area contributed by atoms with Crippen LogP contribution >= 0.6 is 11.3 Å². The van der Waals surface area contributed by atoms with Gasteiger partial charge in [-0.15, -0.1) is 11.3 Å². The zero-order chi connectivity index (χ0) is 37.3. The van der Waals surface area contributed by atoms with Gasteiger partial charge in [0.2, 0.25) is 0 Å². The van der Waals surface area contributed by atoms with Crippen molar-refractivity contribution in [2.75, 3.05) is 4.90 Å². The van der Waals surface area contributed by atoms with E-state index in [2.05, 4.69) is 229 Å². The van der Waals surface area contributed by atoms with E-state index in [-0.39, 0.29) is 0 Å². The molecule has 0 bridgehead atoms. The minimum atomic E-state index is 1.11. The first kappa shape index (κ1) is 33.6. The molecule has 56 heavy (non-hydrogen) atoms. The summed E-state index contributed by atoms with van der Waals surface area (Å²) in [6.45, 7) is 0. The highest BCUT2D eigenvalue weighted by Crippen LogP contribution is 2.46. The Morgan fingerprint density at radius 1 is 0.286 bits per heavy atom. The van der Waals surface area contributed by atoms with Crippen molar-refractivity contribution in [3.05, 3.63) is 224 Å². The van der Waals surface area contributed by atoms with Crippen LogP contribution in [0.25, 0.3) is 75.8 Å². The van der Waals surface area contributed by atoms with E-state index in [4.69, 9.17) is 0 Å². The predicted molar refractivity (Wildman–Crippen MR) is 241 cm³/mol. The zero-order valence-electron chi connectivity index (χ0n) is 30.7. The Morgan fingerprint density at radius 2 is 0.732 bits per heavy atom. The SMILES string of the molecule is c1ccc(-c2ccccc2-c2ccc(N(c3cccc(-c4ccccc4-c4ccccc4-c4ccccc4)c3)c3cccc4c3sc3ccccc34)cc2)cc1. The number of thiophene rings is 1. The highest BCUT2D eigenvalue weighted by Gasteiger charge is 2.20. The molecule has 1 aromatic heterocycles. The van der Waals surface area contributed by atoms with Crippen LogP contribution in [0.3, 0.4) is 0 Å². The van der Waals surface area contributed by atoms with Gasteiger partial charge in [0, 0.05) is 26.8 Å². The number of benzene rings is 9. The van der Waals surface area contributed by atoms with Crippen LogP contribution in [-0.2, 0) is 0 Å². The Bertz CT molecular complexity index is 2960. The Hall–Kier alpha value is -7.00. The average molecular weight is 732 g/mol. The number of hydrogen-bond acceptors (Lipinski definition) is 2. The van der Waals surface area contributed by atoms with Crippen molar-refractivity contribution in [3.8, 4) is 55.6 Å². The maximum atomic E-state index is 2.44. The Morgan fingerprint density at radius 3 is 1.36 bits per heavy atom. The predicted octanol–water partition coefficient (Wildman–Crippen LogP) is 15.9. The lowest BCUT2D eigenvalue weighted by atomic mass is 9.89. The van der Waals surface area contributed by atoms with E-state index in [0.29, 0.717) is 0 Å². The quantitative estimate of drug-likeness (QED) is 0.150. The fraction of sp³-hybridized carbons (Fsp3) is 0. The Balaban J connectivity index is 1.13. The molecule has 0 amide bonds. The maximum Gasteiger partial charge on any atom is 0.0640 e. The molecule has 9 aromatic carbocycles. The fourth-order valence-electron chi connectivity index (χ4n) is 8.10. The van der Waals surface area contributed by atoms with E-state index >= 15 is 0 Å². The van der Waals surface area contributed by atoms with E-state index in [1.54, 1.807) is 0 Å². The van der Waals surface area contributed by atoms with Gasteiger partial charge in [-0.3, -0.25) is 0 Å². The molecule has 0 radical (unpaired) electrons. The van der Waals surface area contributed by atoms with Gasteiger partial charge in [0.15, 0.2) is 0 Å². The highest BCUT2D eigenvalue weighted by atomic mass is 32.1. The normalized spacial score (nSPS) is 11.2.